The van der Waals surface area contributed by atoms with E-state index in [0.29, 0.717) is 22.5 Å². The zero-order valence-corrected chi connectivity index (χ0v) is 15.1. The van der Waals surface area contributed by atoms with Crippen LogP contribution >= 0.6 is 43.2 Å². The molecule has 0 saturated heterocycles. The number of hydrogen-bond donors (Lipinski definition) is 0. The number of rotatable bonds is 2. The smallest absolute Gasteiger partial charge is 0.207 e. The predicted octanol–water partition coefficient (Wildman–Crippen LogP) is 4.02. The third-order valence-corrected chi connectivity index (χ3v) is 7.64. The summed E-state index contributed by atoms with van der Waals surface area (Å²) >= 11 is 8.36. The minimum atomic E-state index is -3.47. The van der Waals surface area contributed by atoms with Crippen LogP contribution in [0, 0.1) is 0 Å². The molecule has 0 unspecified atom stereocenters. The average Bonchev–Trinajstić information content (AvgIpc) is 2.88. The normalized spacial score (nSPS) is 16.1. The summed E-state index contributed by atoms with van der Waals surface area (Å²) < 4.78 is 28.4. The molecular formula is C13H11Br2NO2S2. The lowest BCUT2D eigenvalue weighted by molar-refractivity contribution is 0.394. The topological polar surface area (TPSA) is 37.4 Å². The van der Waals surface area contributed by atoms with E-state index in [2.05, 4.69) is 31.9 Å². The molecule has 0 amide bonds. The largest absolute Gasteiger partial charge is 0.244 e. The molecule has 1 aliphatic rings. The molecule has 7 heteroatoms. The molecule has 3 nitrogen and oxygen atoms in total. The van der Waals surface area contributed by atoms with Crippen LogP contribution in [0.15, 0.2) is 43.5 Å². The highest BCUT2D eigenvalue weighted by molar-refractivity contribution is 9.11. The van der Waals surface area contributed by atoms with Crippen molar-refractivity contribution in [3.63, 3.8) is 0 Å². The second-order valence-corrected chi connectivity index (χ2v) is 9.21. The number of benzene rings is 1. The third-order valence-electron chi connectivity index (χ3n) is 3.28. The van der Waals surface area contributed by atoms with Crippen LogP contribution in [0.3, 0.4) is 0 Å². The van der Waals surface area contributed by atoms with Gasteiger partial charge in [-0.15, -0.1) is 11.3 Å². The lowest BCUT2D eigenvalue weighted by atomic mass is 10.1. The minimum Gasteiger partial charge on any atom is -0.207 e. The first-order valence-electron chi connectivity index (χ1n) is 5.99. The highest BCUT2D eigenvalue weighted by Gasteiger charge is 2.30. The standard InChI is InChI=1S/C13H11Br2NO2S2/c14-10-1-2-11(15)13(7-10)20(17,18)16-5-3-12-9(8-16)4-6-19-12/h1-2,4,6-7H,3,5,8H2. The van der Waals surface area contributed by atoms with Crippen LogP contribution < -0.4 is 0 Å². The molecule has 1 aliphatic heterocycles. The van der Waals surface area contributed by atoms with Crippen molar-refractivity contribution >= 4 is 53.2 Å². The van der Waals surface area contributed by atoms with Crippen molar-refractivity contribution in [1.29, 1.82) is 0 Å². The zero-order valence-electron chi connectivity index (χ0n) is 10.3. The van der Waals surface area contributed by atoms with Gasteiger partial charge in [-0.3, -0.25) is 0 Å². The zero-order chi connectivity index (χ0) is 14.3. The molecular weight excluding hydrogens is 426 g/mol. The summed E-state index contributed by atoms with van der Waals surface area (Å²) in [6.45, 7) is 0.995. The van der Waals surface area contributed by atoms with Gasteiger partial charge in [0.15, 0.2) is 0 Å². The molecule has 2 aromatic rings. The molecule has 1 aromatic carbocycles. The number of thiophene rings is 1. The Morgan fingerprint density at radius 2 is 2.00 bits per heavy atom. The Kier molecular flexibility index (Phi) is 4.07. The van der Waals surface area contributed by atoms with E-state index in [1.807, 2.05) is 17.5 Å². The maximum atomic E-state index is 12.8. The van der Waals surface area contributed by atoms with Crippen molar-refractivity contribution in [3.8, 4) is 0 Å². The Morgan fingerprint density at radius 1 is 1.20 bits per heavy atom. The van der Waals surface area contributed by atoms with Crippen molar-refractivity contribution in [2.24, 2.45) is 0 Å². The number of halogens is 2. The van der Waals surface area contributed by atoms with Gasteiger partial charge in [0.2, 0.25) is 10.0 Å². The SMILES string of the molecule is O=S(=O)(c1cc(Br)ccc1Br)N1CCc2sccc2C1. The average molecular weight is 437 g/mol. The second-order valence-electron chi connectivity index (χ2n) is 4.53. The fourth-order valence-electron chi connectivity index (χ4n) is 2.24. The molecule has 3 rings (SSSR count). The van der Waals surface area contributed by atoms with Gasteiger partial charge >= 0.3 is 0 Å². The highest BCUT2D eigenvalue weighted by atomic mass is 79.9. The Hall–Kier alpha value is -0.210. The maximum absolute atomic E-state index is 12.8. The van der Waals surface area contributed by atoms with Gasteiger partial charge in [0.05, 0.1) is 4.90 Å². The summed E-state index contributed by atoms with van der Waals surface area (Å²) in [7, 11) is -3.47. The molecule has 0 bridgehead atoms. The van der Waals surface area contributed by atoms with Gasteiger partial charge in [-0.25, -0.2) is 8.42 Å². The maximum Gasteiger partial charge on any atom is 0.244 e. The number of sulfonamides is 1. The van der Waals surface area contributed by atoms with Crippen LogP contribution in [0.1, 0.15) is 10.4 Å². The lowest BCUT2D eigenvalue weighted by Gasteiger charge is -2.26. The summed E-state index contributed by atoms with van der Waals surface area (Å²) in [4.78, 5) is 1.61. The molecule has 0 fully saturated rings. The van der Waals surface area contributed by atoms with Crippen molar-refractivity contribution in [3.05, 3.63) is 49.0 Å². The van der Waals surface area contributed by atoms with Crippen LogP contribution in [0.2, 0.25) is 0 Å². The van der Waals surface area contributed by atoms with Crippen LogP contribution in [-0.2, 0) is 23.0 Å². The van der Waals surface area contributed by atoms with Crippen molar-refractivity contribution in [2.45, 2.75) is 17.9 Å². The summed E-state index contributed by atoms with van der Waals surface area (Å²) in [6.07, 6.45) is 0.790. The number of fused-ring (bicyclic) bond motifs is 1. The van der Waals surface area contributed by atoms with E-state index in [1.54, 1.807) is 27.8 Å². The molecule has 1 aromatic heterocycles. The van der Waals surface area contributed by atoms with E-state index < -0.39 is 10.0 Å². The molecule has 0 radical (unpaired) electrons. The fraction of sp³-hybridized carbons (Fsp3) is 0.231. The van der Waals surface area contributed by atoms with Gasteiger partial charge in [-0.1, -0.05) is 15.9 Å². The Morgan fingerprint density at radius 3 is 2.80 bits per heavy atom. The van der Waals surface area contributed by atoms with Gasteiger partial charge in [-0.05, 0) is 57.6 Å². The minimum absolute atomic E-state index is 0.311. The molecule has 0 atom stereocenters. The molecule has 2 heterocycles. The van der Waals surface area contributed by atoms with Crippen LogP contribution in [0.5, 0.6) is 0 Å². The van der Waals surface area contributed by atoms with E-state index in [4.69, 9.17) is 0 Å². The summed E-state index contributed by atoms with van der Waals surface area (Å²) in [5.41, 5.74) is 1.12. The van der Waals surface area contributed by atoms with Gasteiger partial charge in [0.25, 0.3) is 0 Å². The van der Waals surface area contributed by atoms with Crippen molar-refractivity contribution < 1.29 is 8.42 Å². The van der Waals surface area contributed by atoms with E-state index >= 15 is 0 Å². The van der Waals surface area contributed by atoms with Crippen molar-refractivity contribution in [1.82, 2.24) is 4.31 Å². The van der Waals surface area contributed by atoms with Gasteiger partial charge in [-0.2, -0.15) is 4.31 Å². The summed E-state index contributed by atoms with van der Waals surface area (Å²) in [6, 6.07) is 7.22. The lowest BCUT2D eigenvalue weighted by Crippen LogP contribution is -2.35. The Balaban J connectivity index is 1.99. The first-order valence-corrected chi connectivity index (χ1v) is 9.89. The molecule has 106 valence electrons. The van der Waals surface area contributed by atoms with Crippen molar-refractivity contribution in [2.75, 3.05) is 6.54 Å². The first kappa shape index (κ1) is 14.7. The number of hydrogen-bond acceptors (Lipinski definition) is 3. The van der Waals surface area contributed by atoms with Gasteiger partial charge in [0, 0.05) is 26.9 Å². The van der Waals surface area contributed by atoms with Crippen LogP contribution in [0.4, 0.5) is 0 Å². The number of nitrogens with zero attached hydrogens (tertiary/aromatic N) is 1. The van der Waals surface area contributed by atoms with E-state index in [0.717, 1.165) is 16.5 Å². The Bertz CT molecular complexity index is 755. The quantitative estimate of drug-likeness (QED) is 0.712. The van der Waals surface area contributed by atoms with Crippen LogP contribution in [0.25, 0.3) is 0 Å². The Labute approximate surface area is 138 Å². The third kappa shape index (κ3) is 2.62. The predicted molar refractivity (Wildman–Crippen MR) is 87.5 cm³/mol. The molecule has 0 spiro atoms. The first-order chi connectivity index (χ1) is 9.48. The molecule has 0 N–H and O–H groups in total. The van der Waals surface area contributed by atoms with E-state index in [1.165, 1.54) is 4.88 Å². The fourth-order valence-corrected chi connectivity index (χ4v) is 6.01. The van der Waals surface area contributed by atoms with E-state index in [9.17, 15) is 8.42 Å². The molecule has 0 saturated carbocycles. The monoisotopic (exact) mass is 435 g/mol. The van der Waals surface area contributed by atoms with E-state index in [-0.39, 0.29) is 0 Å². The van der Waals surface area contributed by atoms with Gasteiger partial charge < -0.3 is 0 Å². The second kappa shape index (κ2) is 5.53. The highest BCUT2D eigenvalue weighted by Crippen LogP contribution is 2.32. The molecule has 20 heavy (non-hydrogen) atoms. The van der Waals surface area contributed by atoms with Crippen LogP contribution in [-0.4, -0.2) is 19.3 Å². The van der Waals surface area contributed by atoms with Gasteiger partial charge in [0.1, 0.15) is 0 Å². The summed E-state index contributed by atoms with van der Waals surface area (Å²) in [5.74, 6) is 0. The molecule has 0 aliphatic carbocycles. The summed E-state index contributed by atoms with van der Waals surface area (Å²) in [5, 5.41) is 2.02.